The summed E-state index contributed by atoms with van der Waals surface area (Å²) in [5, 5.41) is -0.00738. The third-order valence-corrected chi connectivity index (χ3v) is 3.01. The van der Waals surface area contributed by atoms with Gasteiger partial charge in [0, 0.05) is 12.2 Å². The van der Waals surface area contributed by atoms with Crippen LogP contribution in [0, 0.1) is 0 Å². The van der Waals surface area contributed by atoms with E-state index in [2.05, 4.69) is 4.98 Å². The quantitative estimate of drug-likeness (QED) is 0.931. The van der Waals surface area contributed by atoms with Crippen LogP contribution in [-0.4, -0.2) is 34.6 Å². The van der Waals surface area contributed by atoms with Crippen molar-refractivity contribution in [2.24, 2.45) is 0 Å². The van der Waals surface area contributed by atoms with Gasteiger partial charge >= 0.3 is 6.18 Å². The normalized spacial score (nSPS) is 15.4. The van der Waals surface area contributed by atoms with Crippen molar-refractivity contribution in [3.8, 4) is 0 Å². The van der Waals surface area contributed by atoms with E-state index < -0.39 is 18.6 Å². The van der Waals surface area contributed by atoms with Crippen molar-refractivity contribution in [1.29, 1.82) is 0 Å². The largest absolute Gasteiger partial charge is 0.406 e. The number of nitrogen functional groups attached to an aromatic ring is 1. The molecule has 1 aromatic rings. The van der Waals surface area contributed by atoms with Gasteiger partial charge in [-0.3, -0.25) is 4.79 Å². The number of anilines is 1. The Hall–Kier alpha value is -1.50. The van der Waals surface area contributed by atoms with E-state index >= 15 is 0 Å². The first-order valence-corrected chi connectivity index (χ1v) is 5.94. The number of pyridine rings is 1. The Morgan fingerprint density at radius 1 is 1.53 bits per heavy atom. The van der Waals surface area contributed by atoms with Crippen molar-refractivity contribution in [2.75, 3.05) is 12.3 Å². The molecule has 0 atom stereocenters. The monoisotopic (exact) mass is 293 g/mol. The zero-order chi connectivity index (χ0) is 14.2. The minimum Gasteiger partial charge on any atom is -0.384 e. The van der Waals surface area contributed by atoms with Crippen molar-refractivity contribution in [3.05, 3.63) is 22.8 Å². The maximum atomic E-state index is 12.5. The van der Waals surface area contributed by atoms with Crippen LogP contribution < -0.4 is 5.73 Å². The van der Waals surface area contributed by atoms with Crippen molar-refractivity contribution >= 4 is 23.3 Å². The van der Waals surface area contributed by atoms with Gasteiger partial charge in [0.15, 0.2) is 0 Å². The molecule has 0 aromatic carbocycles. The molecule has 1 heterocycles. The summed E-state index contributed by atoms with van der Waals surface area (Å²) in [6.07, 6.45) is -2.15. The summed E-state index contributed by atoms with van der Waals surface area (Å²) in [6.45, 7) is -1.28. The Bertz CT molecular complexity index is 502. The van der Waals surface area contributed by atoms with Crippen LogP contribution in [0.1, 0.15) is 23.2 Å². The molecule has 0 saturated heterocycles. The average molecular weight is 294 g/mol. The summed E-state index contributed by atoms with van der Waals surface area (Å²) in [7, 11) is 0. The number of hydrogen-bond acceptors (Lipinski definition) is 3. The average Bonchev–Trinajstić information content (AvgIpc) is 3.11. The van der Waals surface area contributed by atoms with Gasteiger partial charge in [-0.2, -0.15) is 13.2 Å². The lowest BCUT2D eigenvalue weighted by molar-refractivity contribution is -0.141. The van der Waals surface area contributed by atoms with Gasteiger partial charge in [0.2, 0.25) is 0 Å². The molecule has 19 heavy (non-hydrogen) atoms. The van der Waals surface area contributed by atoms with Crippen molar-refractivity contribution < 1.29 is 18.0 Å². The van der Waals surface area contributed by atoms with Gasteiger partial charge in [0.25, 0.3) is 5.91 Å². The van der Waals surface area contributed by atoms with Crippen LogP contribution in [0.25, 0.3) is 0 Å². The first kappa shape index (κ1) is 13.9. The van der Waals surface area contributed by atoms with E-state index in [-0.39, 0.29) is 22.4 Å². The SMILES string of the molecule is Nc1cc(C(=O)N(CC(F)(F)F)C2CC2)c(Cl)cn1. The number of carbonyl (C=O) groups is 1. The smallest absolute Gasteiger partial charge is 0.384 e. The second-order valence-corrected chi connectivity index (χ2v) is 4.78. The van der Waals surface area contributed by atoms with Gasteiger partial charge < -0.3 is 10.6 Å². The summed E-state index contributed by atoms with van der Waals surface area (Å²) in [6, 6.07) is 0.816. The minimum absolute atomic E-state index is 0.00738. The lowest BCUT2D eigenvalue weighted by atomic mass is 10.2. The molecule has 0 radical (unpaired) electrons. The fraction of sp³-hybridized carbons (Fsp3) is 0.455. The van der Waals surface area contributed by atoms with Gasteiger partial charge in [0.05, 0.1) is 10.6 Å². The van der Waals surface area contributed by atoms with E-state index in [1.54, 1.807) is 0 Å². The Morgan fingerprint density at radius 3 is 2.68 bits per heavy atom. The molecule has 1 aliphatic rings. The zero-order valence-electron chi connectivity index (χ0n) is 9.75. The van der Waals surface area contributed by atoms with Crippen LogP contribution >= 0.6 is 11.6 Å². The summed E-state index contributed by atoms with van der Waals surface area (Å²) in [4.78, 5) is 16.6. The molecular formula is C11H11ClF3N3O. The molecule has 1 aliphatic carbocycles. The van der Waals surface area contributed by atoms with Crippen LogP contribution in [0.3, 0.4) is 0 Å². The van der Waals surface area contributed by atoms with Crippen LogP contribution in [0.5, 0.6) is 0 Å². The fourth-order valence-electron chi connectivity index (χ4n) is 1.72. The number of carbonyl (C=O) groups excluding carboxylic acids is 1. The molecule has 1 amide bonds. The Labute approximate surface area is 112 Å². The van der Waals surface area contributed by atoms with E-state index in [0.717, 1.165) is 11.1 Å². The number of halogens is 4. The molecular weight excluding hydrogens is 283 g/mol. The molecule has 0 unspecified atom stereocenters. The highest BCUT2D eigenvalue weighted by atomic mass is 35.5. The maximum Gasteiger partial charge on any atom is 0.406 e. The van der Waals surface area contributed by atoms with Gasteiger partial charge in [-0.1, -0.05) is 11.6 Å². The third kappa shape index (κ3) is 3.50. The number of alkyl halides is 3. The predicted octanol–water partition coefficient (Wildman–Crippen LogP) is 2.48. The van der Waals surface area contributed by atoms with Crippen LogP contribution in [0.4, 0.5) is 19.0 Å². The molecule has 8 heteroatoms. The molecule has 0 spiro atoms. The number of aromatic nitrogens is 1. The predicted molar refractivity (Wildman–Crippen MR) is 63.8 cm³/mol. The van der Waals surface area contributed by atoms with E-state index in [1.807, 2.05) is 0 Å². The highest BCUT2D eigenvalue weighted by Crippen LogP contribution is 2.32. The molecule has 4 nitrogen and oxygen atoms in total. The lowest BCUT2D eigenvalue weighted by Gasteiger charge is -2.24. The molecule has 1 fully saturated rings. The van der Waals surface area contributed by atoms with E-state index in [4.69, 9.17) is 17.3 Å². The van der Waals surface area contributed by atoms with Gasteiger partial charge in [-0.15, -0.1) is 0 Å². The van der Waals surface area contributed by atoms with Gasteiger partial charge in [-0.05, 0) is 18.9 Å². The molecule has 104 valence electrons. The van der Waals surface area contributed by atoms with Crippen molar-refractivity contribution in [3.63, 3.8) is 0 Å². The van der Waals surface area contributed by atoms with E-state index in [0.29, 0.717) is 12.8 Å². The number of nitrogens with two attached hydrogens (primary N) is 1. The Morgan fingerprint density at radius 2 is 2.16 bits per heavy atom. The lowest BCUT2D eigenvalue weighted by Crippen LogP contribution is -2.40. The minimum atomic E-state index is -4.44. The zero-order valence-corrected chi connectivity index (χ0v) is 10.5. The first-order valence-electron chi connectivity index (χ1n) is 5.56. The topological polar surface area (TPSA) is 59.2 Å². The Balaban J connectivity index is 2.26. The van der Waals surface area contributed by atoms with Crippen molar-refractivity contribution in [1.82, 2.24) is 9.88 Å². The third-order valence-electron chi connectivity index (χ3n) is 2.71. The fourth-order valence-corrected chi connectivity index (χ4v) is 1.90. The molecule has 0 aliphatic heterocycles. The van der Waals surface area contributed by atoms with Gasteiger partial charge in [-0.25, -0.2) is 4.98 Å². The second-order valence-electron chi connectivity index (χ2n) is 4.37. The summed E-state index contributed by atoms with van der Waals surface area (Å²) < 4.78 is 37.5. The standard InChI is InChI=1S/C11H11ClF3N3O/c12-8-4-17-9(16)3-7(8)10(19)18(6-1-2-6)5-11(13,14)15/h3-4,6H,1-2,5H2,(H2,16,17). The van der Waals surface area contributed by atoms with Gasteiger partial charge in [0.1, 0.15) is 12.4 Å². The second kappa shape index (κ2) is 4.88. The number of nitrogens with zero attached hydrogens (tertiary/aromatic N) is 2. The van der Waals surface area contributed by atoms with Crippen LogP contribution in [-0.2, 0) is 0 Å². The number of hydrogen-bond donors (Lipinski definition) is 1. The molecule has 2 N–H and O–H groups in total. The van der Waals surface area contributed by atoms with E-state index in [9.17, 15) is 18.0 Å². The molecule has 0 bridgehead atoms. The van der Waals surface area contributed by atoms with E-state index in [1.165, 1.54) is 6.07 Å². The number of amides is 1. The molecule has 1 aromatic heterocycles. The maximum absolute atomic E-state index is 12.5. The van der Waals surface area contributed by atoms with Crippen molar-refractivity contribution in [2.45, 2.75) is 25.1 Å². The highest BCUT2D eigenvalue weighted by molar-refractivity contribution is 6.33. The molecule has 1 saturated carbocycles. The molecule has 2 rings (SSSR count). The van der Waals surface area contributed by atoms with Crippen LogP contribution in [0.2, 0.25) is 5.02 Å². The summed E-state index contributed by atoms with van der Waals surface area (Å²) in [5.74, 6) is -0.727. The van der Waals surface area contributed by atoms with Crippen LogP contribution in [0.15, 0.2) is 12.3 Å². The summed E-state index contributed by atoms with van der Waals surface area (Å²) in [5.41, 5.74) is 5.37. The highest BCUT2D eigenvalue weighted by Gasteiger charge is 2.41. The first-order chi connectivity index (χ1) is 8.78. The Kier molecular flexibility index (Phi) is 3.58. The number of rotatable bonds is 3. The summed E-state index contributed by atoms with van der Waals surface area (Å²) >= 11 is 5.78.